The van der Waals surface area contributed by atoms with E-state index in [0.29, 0.717) is 15.7 Å². The van der Waals surface area contributed by atoms with E-state index in [1.807, 2.05) is 42.5 Å². The standard InChI is InChI=1S/C12H9Cl2NS/c13-8-4-1-2-7-11(8)16-12-9(14)5-3-6-10(12)15/h1-7H,15H2. The van der Waals surface area contributed by atoms with Crippen LogP contribution in [-0.2, 0) is 0 Å². The van der Waals surface area contributed by atoms with Gasteiger partial charge in [0.2, 0.25) is 0 Å². The summed E-state index contributed by atoms with van der Waals surface area (Å²) in [6.45, 7) is 0. The molecule has 0 amide bonds. The van der Waals surface area contributed by atoms with Gasteiger partial charge in [0.1, 0.15) is 0 Å². The number of benzene rings is 2. The maximum absolute atomic E-state index is 6.09. The van der Waals surface area contributed by atoms with Gasteiger partial charge in [-0.2, -0.15) is 0 Å². The van der Waals surface area contributed by atoms with E-state index in [4.69, 9.17) is 28.9 Å². The van der Waals surface area contributed by atoms with Gasteiger partial charge in [-0.25, -0.2) is 0 Å². The highest BCUT2D eigenvalue weighted by molar-refractivity contribution is 7.99. The lowest BCUT2D eigenvalue weighted by atomic mass is 10.3. The van der Waals surface area contributed by atoms with Gasteiger partial charge in [-0.15, -0.1) is 0 Å². The molecular formula is C12H9Cl2NS. The average Bonchev–Trinajstić information content (AvgIpc) is 2.26. The summed E-state index contributed by atoms with van der Waals surface area (Å²) >= 11 is 13.6. The molecule has 2 rings (SSSR count). The van der Waals surface area contributed by atoms with Crippen LogP contribution in [0.15, 0.2) is 52.3 Å². The van der Waals surface area contributed by atoms with Crippen LogP contribution in [0.3, 0.4) is 0 Å². The van der Waals surface area contributed by atoms with Gasteiger partial charge in [0, 0.05) is 10.6 Å². The fourth-order valence-electron chi connectivity index (χ4n) is 1.27. The number of anilines is 1. The summed E-state index contributed by atoms with van der Waals surface area (Å²) < 4.78 is 0. The maximum Gasteiger partial charge on any atom is 0.0566 e. The first kappa shape index (κ1) is 11.6. The van der Waals surface area contributed by atoms with Crippen molar-refractivity contribution in [2.45, 2.75) is 9.79 Å². The number of halogens is 2. The average molecular weight is 270 g/mol. The van der Waals surface area contributed by atoms with Crippen molar-refractivity contribution in [2.75, 3.05) is 5.73 Å². The predicted molar refractivity (Wildman–Crippen MR) is 71.4 cm³/mol. The van der Waals surface area contributed by atoms with E-state index in [-0.39, 0.29) is 0 Å². The van der Waals surface area contributed by atoms with Crippen LogP contribution in [0.5, 0.6) is 0 Å². The summed E-state index contributed by atoms with van der Waals surface area (Å²) in [7, 11) is 0. The molecule has 0 fully saturated rings. The van der Waals surface area contributed by atoms with E-state index < -0.39 is 0 Å². The molecule has 0 aliphatic carbocycles. The lowest BCUT2D eigenvalue weighted by Gasteiger charge is -2.08. The van der Waals surface area contributed by atoms with E-state index in [2.05, 4.69) is 0 Å². The number of hydrogen-bond acceptors (Lipinski definition) is 2. The predicted octanol–water partition coefficient (Wildman–Crippen LogP) is 4.73. The van der Waals surface area contributed by atoms with Gasteiger partial charge < -0.3 is 5.73 Å². The second kappa shape index (κ2) is 5.00. The molecule has 82 valence electrons. The Kier molecular flexibility index (Phi) is 3.64. The minimum atomic E-state index is 0.643. The Balaban J connectivity index is 2.38. The van der Waals surface area contributed by atoms with Crippen molar-refractivity contribution in [3.63, 3.8) is 0 Å². The molecule has 1 nitrogen and oxygen atoms in total. The largest absolute Gasteiger partial charge is 0.398 e. The molecule has 0 bridgehead atoms. The summed E-state index contributed by atoms with van der Waals surface area (Å²) in [5.74, 6) is 0. The van der Waals surface area contributed by atoms with Crippen LogP contribution in [0.25, 0.3) is 0 Å². The Morgan fingerprint density at radius 3 is 2.25 bits per heavy atom. The SMILES string of the molecule is Nc1cccc(Cl)c1Sc1ccccc1Cl. The van der Waals surface area contributed by atoms with Crippen molar-refractivity contribution >= 4 is 40.7 Å². The third-order valence-corrected chi connectivity index (χ3v) is 4.15. The second-order valence-corrected chi connectivity index (χ2v) is 5.06. The molecule has 2 aromatic carbocycles. The van der Waals surface area contributed by atoms with Crippen molar-refractivity contribution in [1.29, 1.82) is 0 Å². The summed E-state index contributed by atoms with van der Waals surface area (Å²) in [6, 6.07) is 13.1. The topological polar surface area (TPSA) is 26.0 Å². The van der Waals surface area contributed by atoms with E-state index >= 15 is 0 Å². The highest BCUT2D eigenvalue weighted by Gasteiger charge is 2.08. The van der Waals surface area contributed by atoms with Crippen molar-refractivity contribution in [1.82, 2.24) is 0 Å². The first-order chi connectivity index (χ1) is 7.68. The lowest BCUT2D eigenvalue weighted by molar-refractivity contribution is 1.41. The maximum atomic E-state index is 6.09. The molecule has 0 aliphatic rings. The molecule has 2 N–H and O–H groups in total. The third kappa shape index (κ3) is 2.46. The fraction of sp³-hybridized carbons (Fsp3) is 0. The van der Waals surface area contributed by atoms with Crippen molar-refractivity contribution < 1.29 is 0 Å². The van der Waals surface area contributed by atoms with Gasteiger partial charge >= 0.3 is 0 Å². The Morgan fingerprint density at radius 2 is 1.56 bits per heavy atom. The summed E-state index contributed by atoms with van der Waals surface area (Å²) in [5, 5.41) is 1.34. The normalized spacial score (nSPS) is 10.4. The molecule has 16 heavy (non-hydrogen) atoms. The molecule has 4 heteroatoms. The van der Waals surface area contributed by atoms with Crippen LogP contribution in [0.1, 0.15) is 0 Å². The quantitative estimate of drug-likeness (QED) is 0.798. The molecule has 0 radical (unpaired) electrons. The first-order valence-electron chi connectivity index (χ1n) is 4.65. The highest BCUT2D eigenvalue weighted by atomic mass is 35.5. The van der Waals surface area contributed by atoms with Gasteiger partial charge in [0.25, 0.3) is 0 Å². The van der Waals surface area contributed by atoms with Crippen molar-refractivity contribution in [3.8, 4) is 0 Å². The lowest BCUT2D eigenvalue weighted by Crippen LogP contribution is -1.88. The van der Waals surface area contributed by atoms with E-state index in [1.165, 1.54) is 11.8 Å². The molecule has 2 aromatic rings. The summed E-state index contributed by atoms with van der Waals surface area (Å²) in [5.41, 5.74) is 6.54. The minimum absolute atomic E-state index is 0.643. The van der Waals surface area contributed by atoms with Gasteiger partial charge in [-0.05, 0) is 24.3 Å². The van der Waals surface area contributed by atoms with Crippen LogP contribution < -0.4 is 5.73 Å². The second-order valence-electron chi connectivity index (χ2n) is 3.19. The summed E-state index contributed by atoms with van der Waals surface area (Å²) in [6.07, 6.45) is 0. The van der Waals surface area contributed by atoms with Crippen LogP contribution in [0.2, 0.25) is 10.0 Å². The first-order valence-corrected chi connectivity index (χ1v) is 6.22. The number of nitrogen functional groups attached to an aromatic ring is 1. The fourth-order valence-corrected chi connectivity index (χ4v) is 2.70. The third-order valence-electron chi connectivity index (χ3n) is 2.05. The molecule has 0 unspecified atom stereocenters. The monoisotopic (exact) mass is 269 g/mol. The number of hydrogen-bond donors (Lipinski definition) is 1. The number of rotatable bonds is 2. The van der Waals surface area contributed by atoms with Crippen LogP contribution >= 0.6 is 35.0 Å². The van der Waals surface area contributed by atoms with Gasteiger partial charge in [0.15, 0.2) is 0 Å². The molecule has 0 saturated heterocycles. The van der Waals surface area contributed by atoms with Gasteiger partial charge in [-0.3, -0.25) is 0 Å². The van der Waals surface area contributed by atoms with Gasteiger partial charge in [0.05, 0.1) is 14.9 Å². The highest BCUT2D eigenvalue weighted by Crippen LogP contribution is 2.39. The van der Waals surface area contributed by atoms with Crippen molar-refractivity contribution in [3.05, 3.63) is 52.5 Å². The molecule has 0 aromatic heterocycles. The Labute approximate surface area is 109 Å². The molecular weight excluding hydrogens is 261 g/mol. The molecule has 0 heterocycles. The van der Waals surface area contributed by atoms with E-state index in [0.717, 1.165) is 9.79 Å². The van der Waals surface area contributed by atoms with Crippen molar-refractivity contribution in [2.24, 2.45) is 0 Å². The van der Waals surface area contributed by atoms with Crippen LogP contribution in [0, 0.1) is 0 Å². The zero-order valence-electron chi connectivity index (χ0n) is 8.28. The van der Waals surface area contributed by atoms with Crippen LogP contribution in [-0.4, -0.2) is 0 Å². The summed E-state index contributed by atoms with van der Waals surface area (Å²) in [4.78, 5) is 1.79. The Morgan fingerprint density at radius 1 is 0.875 bits per heavy atom. The number of nitrogens with two attached hydrogens (primary N) is 1. The smallest absolute Gasteiger partial charge is 0.0566 e. The molecule has 0 spiro atoms. The molecule has 0 saturated carbocycles. The molecule has 0 atom stereocenters. The van der Waals surface area contributed by atoms with Gasteiger partial charge in [-0.1, -0.05) is 53.2 Å². The Hall–Kier alpha value is -0.830. The minimum Gasteiger partial charge on any atom is -0.398 e. The van der Waals surface area contributed by atoms with Crippen LogP contribution in [0.4, 0.5) is 5.69 Å². The van der Waals surface area contributed by atoms with E-state index in [9.17, 15) is 0 Å². The zero-order valence-corrected chi connectivity index (χ0v) is 10.6. The Bertz CT molecular complexity index is 494. The zero-order chi connectivity index (χ0) is 11.5. The van der Waals surface area contributed by atoms with E-state index in [1.54, 1.807) is 0 Å². The molecule has 0 aliphatic heterocycles.